The zero-order valence-corrected chi connectivity index (χ0v) is 10.3. The standard InChI is InChI=1S/C10H16O2S2/c1-7-6-9(8(2)14-7)13-5-4-10(3,11)12/h6,11-12H,4-5H2,1-3H3. The molecule has 14 heavy (non-hydrogen) atoms. The monoisotopic (exact) mass is 232 g/mol. The maximum Gasteiger partial charge on any atom is 0.160 e. The van der Waals surface area contributed by atoms with Crippen LogP contribution in [0.15, 0.2) is 11.0 Å². The van der Waals surface area contributed by atoms with Crippen LogP contribution in [0.4, 0.5) is 0 Å². The van der Waals surface area contributed by atoms with Crippen molar-refractivity contribution in [2.45, 2.75) is 37.9 Å². The molecule has 0 aliphatic rings. The smallest absolute Gasteiger partial charge is 0.160 e. The summed E-state index contributed by atoms with van der Waals surface area (Å²) in [7, 11) is 0. The van der Waals surface area contributed by atoms with Crippen molar-refractivity contribution in [3.8, 4) is 0 Å². The molecule has 1 heterocycles. The molecule has 0 fully saturated rings. The molecule has 0 saturated heterocycles. The van der Waals surface area contributed by atoms with Crippen LogP contribution < -0.4 is 0 Å². The Kier molecular flexibility index (Phi) is 4.01. The van der Waals surface area contributed by atoms with E-state index in [1.807, 2.05) is 0 Å². The minimum Gasteiger partial charge on any atom is -0.366 e. The first-order chi connectivity index (χ1) is 6.38. The third-order valence-electron chi connectivity index (χ3n) is 1.83. The van der Waals surface area contributed by atoms with Gasteiger partial charge in [0.05, 0.1) is 0 Å². The quantitative estimate of drug-likeness (QED) is 0.619. The first-order valence-corrected chi connectivity index (χ1v) is 6.33. The van der Waals surface area contributed by atoms with Crippen molar-refractivity contribution in [1.82, 2.24) is 0 Å². The maximum absolute atomic E-state index is 9.11. The fraction of sp³-hybridized carbons (Fsp3) is 0.600. The van der Waals surface area contributed by atoms with E-state index in [-0.39, 0.29) is 0 Å². The summed E-state index contributed by atoms with van der Waals surface area (Å²) in [5.41, 5.74) is 0. The fourth-order valence-electron chi connectivity index (χ4n) is 1.11. The van der Waals surface area contributed by atoms with E-state index in [1.54, 1.807) is 23.1 Å². The predicted molar refractivity (Wildman–Crippen MR) is 62.0 cm³/mol. The van der Waals surface area contributed by atoms with Gasteiger partial charge in [0.1, 0.15) is 0 Å². The van der Waals surface area contributed by atoms with Gasteiger partial charge < -0.3 is 10.2 Å². The Balaban J connectivity index is 2.42. The highest BCUT2D eigenvalue weighted by Gasteiger charge is 2.14. The molecule has 80 valence electrons. The minimum absolute atomic E-state index is 0.395. The molecule has 4 heteroatoms. The average molecular weight is 232 g/mol. The lowest BCUT2D eigenvalue weighted by Gasteiger charge is -2.14. The number of rotatable bonds is 4. The Bertz CT molecular complexity index is 300. The molecule has 0 saturated carbocycles. The third kappa shape index (κ3) is 4.00. The van der Waals surface area contributed by atoms with Crippen molar-refractivity contribution in [3.63, 3.8) is 0 Å². The van der Waals surface area contributed by atoms with Crippen molar-refractivity contribution < 1.29 is 10.2 Å². The second-order valence-electron chi connectivity index (χ2n) is 3.59. The van der Waals surface area contributed by atoms with Crippen LogP contribution >= 0.6 is 23.1 Å². The molecule has 0 radical (unpaired) electrons. The summed E-state index contributed by atoms with van der Waals surface area (Å²) in [4.78, 5) is 3.88. The Labute approximate surface area is 93.0 Å². The van der Waals surface area contributed by atoms with Crippen molar-refractivity contribution in [2.75, 3.05) is 5.75 Å². The Morgan fingerprint density at radius 1 is 1.43 bits per heavy atom. The molecular formula is C10H16O2S2. The SMILES string of the molecule is Cc1cc(SCCC(C)(O)O)c(C)s1. The van der Waals surface area contributed by atoms with Gasteiger partial charge in [-0.1, -0.05) is 0 Å². The third-order valence-corrected chi connectivity index (χ3v) is 4.07. The van der Waals surface area contributed by atoms with Crippen molar-refractivity contribution in [2.24, 2.45) is 0 Å². The molecular weight excluding hydrogens is 216 g/mol. The molecule has 1 aromatic rings. The van der Waals surface area contributed by atoms with Crippen LogP contribution in [0.1, 0.15) is 23.1 Å². The maximum atomic E-state index is 9.11. The molecule has 0 bridgehead atoms. The zero-order valence-electron chi connectivity index (χ0n) is 8.70. The molecule has 0 aliphatic heterocycles. The van der Waals surface area contributed by atoms with Crippen LogP contribution in [-0.2, 0) is 0 Å². The molecule has 0 aromatic carbocycles. The first-order valence-electron chi connectivity index (χ1n) is 4.53. The van der Waals surface area contributed by atoms with Gasteiger partial charge >= 0.3 is 0 Å². The van der Waals surface area contributed by atoms with Crippen LogP contribution in [0.25, 0.3) is 0 Å². The highest BCUT2D eigenvalue weighted by atomic mass is 32.2. The topological polar surface area (TPSA) is 40.5 Å². The van der Waals surface area contributed by atoms with Gasteiger partial charge in [-0.15, -0.1) is 23.1 Å². The van der Waals surface area contributed by atoms with Gasteiger partial charge in [0.15, 0.2) is 5.79 Å². The highest BCUT2D eigenvalue weighted by molar-refractivity contribution is 7.99. The summed E-state index contributed by atoms with van der Waals surface area (Å²) in [5, 5.41) is 18.2. The normalized spacial score (nSPS) is 12.1. The van der Waals surface area contributed by atoms with Gasteiger partial charge in [0, 0.05) is 26.8 Å². The number of hydrogen-bond acceptors (Lipinski definition) is 4. The van der Waals surface area contributed by atoms with E-state index in [1.165, 1.54) is 21.6 Å². The summed E-state index contributed by atoms with van der Waals surface area (Å²) in [6.07, 6.45) is 0.395. The number of aliphatic hydroxyl groups is 2. The van der Waals surface area contributed by atoms with Gasteiger partial charge in [-0.25, -0.2) is 0 Å². The van der Waals surface area contributed by atoms with E-state index >= 15 is 0 Å². The molecule has 0 aliphatic carbocycles. The molecule has 1 aromatic heterocycles. The van der Waals surface area contributed by atoms with Gasteiger partial charge in [-0.2, -0.15) is 0 Å². The van der Waals surface area contributed by atoms with E-state index in [9.17, 15) is 0 Å². The van der Waals surface area contributed by atoms with E-state index in [0.29, 0.717) is 6.42 Å². The Morgan fingerprint density at radius 2 is 2.07 bits per heavy atom. The molecule has 2 N–H and O–H groups in total. The molecule has 0 amide bonds. The largest absolute Gasteiger partial charge is 0.366 e. The summed E-state index contributed by atoms with van der Waals surface area (Å²) < 4.78 is 0. The second-order valence-corrected chi connectivity index (χ2v) is 6.19. The van der Waals surface area contributed by atoms with E-state index in [4.69, 9.17) is 10.2 Å². The molecule has 0 unspecified atom stereocenters. The Hall–Kier alpha value is -0.0300. The Morgan fingerprint density at radius 3 is 2.50 bits per heavy atom. The average Bonchev–Trinajstić information content (AvgIpc) is 2.27. The number of thiophene rings is 1. The van der Waals surface area contributed by atoms with Crippen LogP contribution in [0.3, 0.4) is 0 Å². The zero-order chi connectivity index (χ0) is 10.8. The number of hydrogen-bond donors (Lipinski definition) is 2. The highest BCUT2D eigenvalue weighted by Crippen LogP contribution is 2.30. The van der Waals surface area contributed by atoms with Crippen LogP contribution in [-0.4, -0.2) is 21.8 Å². The van der Waals surface area contributed by atoms with Crippen molar-refractivity contribution >= 4 is 23.1 Å². The number of aryl methyl sites for hydroxylation is 2. The van der Waals surface area contributed by atoms with Crippen molar-refractivity contribution in [3.05, 3.63) is 15.8 Å². The van der Waals surface area contributed by atoms with Crippen LogP contribution in [0, 0.1) is 13.8 Å². The van der Waals surface area contributed by atoms with Gasteiger partial charge in [-0.3, -0.25) is 0 Å². The molecule has 0 spiro atoms. The van der Waals surface area contributed by atoms with Crippen LogP contribution in [0.5, 0.6) is 0 Å². The van der Waals surface area contributed by atoms with E-state index < -0.39 is 5.79 Å². The van der Waals surface area contributed by atoms with Gasteiger partial charge in [0.25, 0.3) is 0 Å². The summed E-state index contributed by atoms with van der Waals surface area (Å²) >= 11 is 3.47. The lowest BCUT2D eigenvalue weighted by molar-refractivity contribution is -0.144. The molecule has 0 atom stereocenters. The van der Waals surface area contributed by atoms with Crippen molar-refractivity contribution in [1.29, 1.82) is 0 Å². The fourth-order valence-corrected chi connectivity index (χ4v) is 3.47. The van der Waals surface area contributed by atoms with E-state index in [2.05, 4.69) is 19.9 Å². The lowest BCUT2D eigenvalue weighted by atomic mass is 10.2. The van der Waals surface area contributed by atoms with Gasteiger partial charge in [0.2, 0.25) is 0 Å². The first kappa shape index (κ1) is 12.0. The summed E-state index contributed by atoms with van der Waals surface area (Å²) in [6.45, 7) is 5.60. The van der Waals surface area contributed by atoms with Gasteiger partial charge in [-0.05, 0) is 26.8 Å². The summed E-state index contributed by atoms with van der Waals surface area (Å²) in [6, 6.07) is 2.15. The van der Waals surface area contributed by atoms with E-state index in [0.717, 1.165) is 5.75 Å². The minimum atomic E-state index is -1.54. The summed E-state index contributed by atoms with van der Waals surface area (Å²) in [5.74, 6) is -0.799. The predicted octanol–water partition coefficient (Wildman–Crippen LogP) is 2.55. The number of thioether (sulfide) groups is 1. The molecule has 1 rings (SSSR count). The lowest BCUT2D eigenvalue weighted by Crippen LogP contribution is -2.23. The van der Waals surface area contributed by atoms with Crippen LogP contribution in [0.2, 0.25) is 0 Å². The second kappa shape index (κ2) is 4.66. The molecule has 2 nitrogen and oxygen atoms in total.